The number of halogens is 3. The van der Waals surface area contributed by atoms with Crippen LogP contribution in [-0.2, 0) is 11.7 Å². The summed E-state index contributed by atoms with van der Waals surface area (Å²) in [7, 11) is 0. The monoisotopic (exact) mass is 305 g/mol. The van der Waals surface area contributed by atoms with Crippen LogP contribution in [0.15, 0.2) is 54.6 Å². The summed E-state index contributed by atoms with van der Waals surface area (Å²) in [4.78, 5) is 12.2. The molecule has 0 radical (unpaired) electrons. The normalized spacial score (nSPS) is 16.1. The molecule has 1 N–H and O–H groups in total. The number of carbonyl (C=O) groups is 1. The highest BCUT2D eigenvalue weighted by atomic mass is 19.4. The second kappa shape index (κ2) is 5.16. The van der Waals surface area contributed by atoms with Crippen LogP contribution in [0.25, 0.3) is 0 Å². The largest absolute Gasteiger partial charge is 0.416 e. The molecule has 1 fully saturated rings. The highest BCUT2D eigenvalue weighted by molar-refractivity contribution is 5.95. The molecule has 0 heterocycles. The lowest BCUT2D eigenvalue weighted by molar-refractivity contribution is -0.138. The fraction of sp³-hybridized carbons (Fsp3) is 0.235. The summed E-state index contributed by atoms with van der Waals surface area (Å²) < 4.78 is 39.5. The van der Waals surface area contributed by atoms with Crippen molar-refractivity contribution in [3.8, 4) is 0 Å². The maximum absolute atomic E-state index is 13.2. The minimum absolute atomic E-state index is 0.145. The molecule has 1 aliphatic carbocycles. The van der Waals surface area contributed by atoms with Gasteiger partial charge in [-0.2, -0.15) is 13.2 Å². The molecular weight excluding hydrogens is 291 g/mol. The van der Waals surface area contributed by atoms with Crippen LogP contribution >= 0.6 is 0 Å². The Labute approximate surface area is 126 Å². The standard InChI is InChI=1S/C17H14F3NO/c18-17(19,20)14-9-5-4-8-13(14)16(10-11-16)21-15(22)12-6-2-1-3-7-12/h1-9H,10-11H2,(H,21,22). The van der Waals surface area contributed by atoms with E-state index >= 15 is 0 Å². The highest BCUT2D eigenvalue weighted by Gasteiger charge is 2.50. The van der Waals surface area contributed by atoms with Gasteiger partial charge in [0.2, 0.25) is 0 Å². The number of alkyl halides is 3. The Hall–Kier alpha value is -2.30. The summed E-state index contributed by atoms with van der Waals surface area (Å²) in [5, 5.41) is 2.77. The van der Waals surface area contributed by atoms with Crippen molar-refractivity contribution in [3.63, 3.8) is 0 Å². The molecule has 0 atom stereocenters. The molecule has 114 valence electrons. The molecule has 3 rings (SSSR count). The van der Waals surface area contributed by atoms with E-state index in [9.17, 15) is 18.0 Å². The molecule has 22 heavy (non-hydrogen) atoms. The van der Waals surface area contributed by atoms with Gasteiger partial charge >= 0.3 is 6.18 Å². The van der Waals surface area contributed by atoms with Crippen LogP contribution in [-0.4, -0.2) is 5.91 Å². The summed E-state index contributed by atoms with van der Waals surface area (Å²) >= 11 is 0. The molecule has 2 aromatic rings. The Kier molecular flexibility index (Phi) is 3.43. The van der Waals surface area contributed by atoms with E-state index in [1.54, 1.807) is 36.4 Å². The van der Waals surface area contributed by atoms with Crippen molar-refractivity contribution in [1.82, 2.24) is 5.32 Å². The zero-order valence-corrected chi connectivity index (χ0v) is 11.7. The smallest absolute Gasteiger partial charge is 0.343 e. The molecule has 2 aromatic carbocycles. The van der Waals surface area contributed by atoms with E-state index < -0.39 is 17.3 Å². The minimum Gasteiger partial charge on any atom is -0.343 e. The molecule has 1 aliphatic rings. The van der Waals surface area contributed by atoms with E-state index in [2.05, 4.69) is 5.32 Å². The highest BCUT2D eigenvalue weighted by Crippen LogP contribution is 2.49. The van der Waals surface area contributed by atoms with Crippen molar-refractivity contribution in [2.45, 2.75) is 24.6 Å². The maximum atomic E-state index is 13.2. The predicted octanol–water partition coefficient (Wildman–Crippen LogP) is 4.12. The van der Waals surface area contributed by atoms with Gasteiger partial charge in [-0.3, -0.25) is 4.79 Å². The van der Waals surface area contributed by atoms with Crippen molar-refractivity contribution in [2.75, 3.05) is 0 Å². The molecule has 5 heteroatoms. The first-order valence-electron chi connectivity index (χ1n) is 6.97. The van der Waals surface area contributed by atoms with E-state index in [1.807, 2.05) is 0 Å². The summed E-state index contributed by atoms with van der Waals surface area (Å²) in [6.45, 7) is 0. The number of carbonyl (C=O) groups excluding carboxylic acids is 1. The first-order valence-corrected chi connectivity index (χ1v) is 6.97. The number of nitrogens with one attached hydrogen (secondary N) is 1. The first kappa shape index (κ1) is 14.6. The third kappa shape index (κ3) is 2.71. The number of benzene rings is 2. The molecule has 1 saturated carbocycles. The van der Waals surface area contributed by atoms with E-state index in [0.717, 1.165) is 6.07 Å². The van der Waals surface area contributed by atoms with Crippen LogP contribution in [0.4, 0.5) is 13.2 Å². The molecule has 0 unspecified atom stereocenters. The third-order valence-corrected chi connectivity index (χ3v) is 3.89. The summed E-state index contributed by atoms with van der Waals surface area (Å²) in [6, 6.07) is 13.9. The SMILES string of the molecule is O=C(NC1(c2ccccc2C(F)(F)F)CC1)c1ccccc1. The third-order valence-electron chi connectivity index (χ3n) is 3.89. The Morgan fingerprint density at radius 3 is 2.14 bits per heavy atom. The van der Waals surface area contributed by atoms with Gasteiger partial charge in [-0.1, -0.05) is 36.4 Å². The van der Waals surface area contributed by atoms with E-state index in [0.29, 0.717) is 18.4 Å². The molecule has 0 spiro atoms. The van der Waals surface area contributed by atoms with Gasteiger partial charge in [0.25, 0.3) is 5.91 Å². The quantitative estimate of drug-likeness (QED) is 0.908. The van der Waals surface area contributed by atoms with Gasteiger partial charge in [0.15, 0.2) is 0 Å². The predicted molar refractivity (Wildman–Crippen MR) is 76.3 cm³/mol. The number of hydrogen-bond acceptors (Lipinski definition) is 1. The molecule has 0 saturated heterocycles. The Morgan fingerprint density at radius 1 is 0.955 bits per heavy atom. The van der Waals surface area contributed by atoms with Gasteiger partial charge in [0.05, 0.1) is 11.1 Å². The number of amides is 1. The van der Waals surface area contributed by atoms with Crippen molar-refractivity contribution < 1.29 is 18.0 Å². The van der Waals surface area contributed by atoms with E-state index in [1.165, 1.54) is 12.1 Å². The average Bonchev–Trinajstić information content (AvgIpc) is 3.28. The van der Waals surface area contributed by atoms with Gasteiger partial charge < -0.3 is 5.32 Å². The van der Waals surface area contributed by atoms with Crippen LogP contribution in [0.3, 0.4) is 0 Å². The fourth-order valence-electron chi connectivity index (χ4n) is 2.61. The Bertz CT molecular complexity index is 691. The van der Waals surface area contributed by atoms with Gasteiger partial charge in [0.1, 0.15) is 0 Å². The number of rotatable bonds is 3. The zero-order chi connectivity index (χ0) is 15.8. The van der Waals surface area contributed by atoms with Crippen LogP contribution < -0.4 is 5.32 Å². The lowest BCUT2D eigenvalue weighted by Crippen LogP contribution is -2.36. The van der Waals surface area contributed by atoms with Gasteiger partial charge in [-0.15, -0.1) is 0 Å². The Balaban J connectivity index is 1.91. The minimum atomic E-state index is -4.43. The van der Waals surface area contributed by atoms with Gasteiger partial charge in [0, 0.05) is 5.56 Å². The van der Waals surface area contributed by atoms with Gasteiger partial charge in [-0.05, 0) is 36.6 Å². The van der Waals surface area contributed by atoms with Crippen LogP contribution in [0.2, 0.25) is 0 Å². The molecule has 1 amide bonds. The van der Waals surface area contributed by atoms with Crippen LogP contribution in [0.1, 0.15) is 34.3 Å². The van der Waals surface area contributed by atoms with Crippen molar-refractivity contribution >= 4 is 5.91 Å². The van der Waals surface area contributed by atoms with E-state index in [4.69, 9.17) is 0 Å². The molecule has 0 bridgehead atoms. The van der Waals surface area contributed by atoms with Crippen molar-refractivity contribution in [2.24, 2.45) is 0 Å². The van der Waals surface area contributed by atoms with Crippen LogP contribution in [0, 0.1) is 0 Å². The molecule has 2 nitrogen and oxygen atoms in total. The number of hydrogen-bond donors (Lipinski definition) is 1. The van der Waals surface area contributed by atoms with Crippen LogP contribution in [0.5, 0.6) is 0 Å². The summed E-state index contributed by atoms with van der Waals surface area (Å²) in [5.74, 6) is -0.352. The van der Waals surface area contributed by atoms with Gasteiger partial charge in [-0.25, -0.2) is 0 Å². The topological polar surface area (TPSA) is 29.1 Å². The average molecular weight is 305 g/mol. The van der Waals surface area contributed by atoms with Crippen molar-refractivity contribution in [1.29, 1.82) is 0 Å². The first-order chi connectivity index (χ1) is 10.4. The fourth-order valence-corrected chi connectivity index (χ4v) is 2.61. The second-order valence-electron chi connectivity index (χ2n) is 5.45. The molecule has 0 aliphatic heterocycles. The van der Waals surface area contributed by atoms with Crippen molar-refractivity contribution in [3.05, 3.63) is 71.3 Å². The Morgan fingerprint density at radius 2 is 1.55 bits per heavy atom. The molecule has 0 aromatic heterocycles. The second-order valence-corrected chi connectivity index (χ2v) is 5.45. The summed E-state index contributed by atoms with van der Waals surface area (Å²) in [5.41, 5.74) is -0.995. The zero-order valence-electron chi connectivity index (χ0n) is 11.7. The van der Waals surface area contributed by atoms with E-state index in [-0.39, 0.29) is 11.5 Å². The summed E-state index contributed by atoms with van der Waals surface area (Å²) in [6.07, 6.45) is -3.40. The lowest BCUT2D eigenvalue weighted by Gasteiger charge is -2.22. The lowest BCUT2D eigenvalue weighted by atomic mass is 9.97. The maximum Gasteiger partial charge on any atom is 0.416 e. The molecular formula is C17H14F3NO.